The van der Waals surface area contributed by atoms with Gasteiger partial charge in [0, 0.05) is 40.0 Å². The molecule has 0 unspecified atom stereocenters. The number of hydrogen-bond donors (Lipinski definition) is 0. The second-order valence-corrected chi connectivity index (χ2v) is 11.2. The summed E-state index contributed by atoms with van der Waals surface area (Å²) >= 11 is 0. The average Bonchev–Trinajstić information content (AvgIpc) is 3.40. The van der Waals surface area contributed by atoms with Gasteiger partial charge >= 0.3 is 0 Å². The van der Waals surface area contributed by atoms with E-state index in [9.17, 15) is 9.59 Å². The predicted molar refractivity (Wildman–Crippen MR) is 140 cm³/mol. The summed E-state index contributed by atoms with van der Waals surface area (Å²) in [7, 11) is 0. The van der Waals surface area contributed by atoms with Crippen molar-refractivity contribution in [3.05, 3.63) is 11.1 Å². The lowest BCUT2D eigenvalue weighted by molar-refractivity contribution is -0.110. The number of carbonyl (C=O) groups excluding carboxylic acids is 2. The molecule has 1 aromatic rings. The Morgan fingerprint density at radius 1 is 0.583 bits per heavy atom. The van der Waals surface area contributed by atoms with Crippen molar-refractivity contribution in [1.29, 1.82) is 0 Å². The number of hydrogen-bond acceptors (Lipinski definition) is 6. The molecule has 2 aliphatic carbocycles. The Bertz CT molecular complexity index is 870. The third kappa shape index (κ3) is 4.72. The van der Waals surface area contributed by atoms with E-state index in [0.29, 0.717) is 47.0 Å². The van der Waals surface area contributed by atoms with Gasteiger partial charge in [0.1, 0.15) is 11.1 Å². The highest BCUT2D eigenvalue weighted by Crippen LogP contribution is 2.60. The van der Waals surface area contributed by atoms with E-state index in [1.807, 2.05) is 0 Å². The van der Waals surface area contributed by atoms with Crippen LogP contribution in [0.15, 0.2) is 0 Å². The van der Waals surface area contributed by atoms with Crippen molar-refractivity contribution >= 4 is 11.6 Å². The number of unbranched alkanes of at least 4 members (excludes halogenated alkanes) is 4. The van der Waals surface area contributed by atoms with Crippen LogP contribution in [-0.2, 0) is 0 Å². The van der Waals surface area contributed by atoms with Gasteiger partial charge in [-0.1, -0.05) is 52.4 Å². The first-order valence-electron chi connectivity index (χ1n) is 14.6. The van der Waals surface area contributed by atoms with E-state index in [-0.39, 0.29) is 13.0 Å². The van der Waals surface area contributed by atoms with E-state index in [1.54, 1.807) is 0 Å². The molecule has 1 aromatic carbocycles. The summed E-state index contributed by atoms with van der Waals surface area (Å²) in [4.78, 5) is 27.4. The Hall–Kier alpha value is -2.24. The van der Waals surface area contributed by atoms with Gasteiger partial charge in [-0.2, -0.15) is 0 Å². The maximum atomic E-state index is 13.7. The molecule has 0 aromatic heterocycles. The fourth-order valence-electron chi connectivity index (χ4n) is 6.25. The summed E-state index contributed by atoms with van der Waals surface area (Å²) in [6.07, 6.45) is 15.9. The molecule has 0 atom stereocenters. The molecule has 200 valence electrons. The van der Waals surface area contributed by atoms with Crippen LogP contribution >= 0.6 is 0 Å². The van der Waals surface area contributed by atoms with Crippen LogP contribution in [-0.4, -0.2) is 23.1 Å². The van der Waals surface area contributed by atoms with E-state index in [4.69, 9.17) is 18.9 Å². The van der Waals surface area contributed by atoms with Crippen molar-refractivity contribution in [3.8, 4) is 23.0 Å². The Kier molecular flexibility index (Phi) is 7.50. The second kappa shape index (κ2) is 10.6. The Balaban J connectivity index is 0.00000320. The minimum Gasteiger partial charge on any atom is -0.447 e. The number of carbonyl (C=O) groups is 2. The van der Waals surface area contributed by atoms with Crippen LogP contribution in [0, 0.1) is 0 Å². The van der Waals surface area contributed by atoms with E-state index >= 15 is 0 Å². The molecule has 0 amide bonds. The number of ketones is 2. The van der Waals surface area contributed by atoms with Crippen LogP contribution in [0.3, 0.4) is 0 Å². The fraction of sp³-hybridized carbons (Fsp3) is 0.733. The molecule has 2 spiro atoms. The summed E-state index contributed by atoms with van der Waals surface area (Å²) in [6, 6.07) is 0. The molecular weight excluding hydrogens is 456 g/mol. The molecular formula is C30H44O6. The van der Waals surface area contributed by atoms with Gasteiger partial charge in [-0.3, -0.25) is 9.59 Å². The molecule has 6 nitrogen and oxygen atoms in total. The number of rotatable bonds is 10. The molecule has 0 N–H and O–H groups in total. The van der Waals surface area contributed by atoms with Crippen LogP contribution in [0.4, 0.5) is 0 Å². The topological polar surface area (TPSA) is 71.1 Å². The number of ether oxygens (including phenoxy) is 4. The number of benzene rings is 1. The third-order valence-electron chi connectivity index (χ3n) is 8.28. The van der Waals surface area contributed by atoms with Crippen molar-refractivity contribution in [2.75, 3.05) is 0 Å². The highest BCUT2D eigenvalue weighted by molar-refractivity contribution is 6.10. The monoisotopic (exact) mass is 501 g/mol. The van der Waals surface area contributed by atoms with Gasteiger partial charge in [0.2, 0.25) is 0 Å². The zero-order valence-corrected chi connectivity index (χ0v) is 22.2. The van der Waals surface area contributed by atoms with E-state index < -0.39 is 11.6 Å². The maximum Gasteiger partial charge on any atom is 0.251 e. The zero-order valence-electron chi connectivity index (χ0n) is 22.2. The molecule has 0 bridgehead atoms. The lowest BCUT2D eigenvalue weighted by atomic mass is 9.94. The SMILES string of the molecule is CCCCCC(=O)c1c2c(c(C(=O)CCCCC)c3c1OC1(CCCCC1)O3)OC1(CCCCC1)O2.[2HH]. The first-order chi connectivity index (χ1) is 17.5. The van der Waals surface area contributed by atoms with Crippen LogP contribution < -0.4 is 18.9 Å². The normalized spacial score (nSPS) is 20.7. The van der Waals surface area contributed by atoms with Gasteiger partial charge in [0.25, 0.3) is 11.6 Å². The highest BCUT2D eigenvalue weighted by Gasteiger charge is 2.53. The van der Waals surface area contributed by atoms with E-state index in [1.165, 1.54) is 0 Å². The largest absolute Gasteiger partial charge is 0.447 e. The van der Waals surface area contributed by atoms with Crippen molar-refractivity contribution in [2.45, 2.75) is 141 Å². The third-order valence-corrected chi connectivity index (χ3v) is 8.28. The molecule has 2 fully saturated rings. The van der Waals surface area contributed by atoms with Gasteiger partial charge in [0.15, 0.2) is 34.6 Å². The Morgan fingerprint density at radius 3 is 1.22 bits per heavy atom. The number of Topliss-reactive ketones (excluding diaryl/α,β-unsaturated/α-hetero) is 2. The fourth-order valence-corrected chi connectivity index (χ4v) is 6.25. The summed E-state index contributed by atoms with van der Waals surface area (Å²) in [5.74, 6) is 0.0898. The lowest BCUT2D eigenvalue weighted by Crippen LogP contribution is -2.41. The first kappa shape index (κ1) is 25.4. The lowest BCUT2D eigenvalue weighted by Gasteiger charge is -2.32. The minimum absolute atomic E-state index is 0. The predicted octanol–water partition coefficient (Wildman–Crippen LogP) is 8.32. The van der Waals surface area contributed by atoms with Crippen molar-refractivity contribution < 1.29 is 30.0 Å². The summed E-state index contributed by atoms with van der Waals surface area (Å²) in [6.45, 7) is 4.26. The van der Waals surface area contributed by atoms with Gasteiger partial charge in [0.05, 0.1) is 0 Å². The van der Waals surface area contributed by atoms with Crippen LogP contribution in [0.2, 0.25) is 0 Å². The van der Waals surface area contributed by atoms with Crippen LogP contribution in [0.1, 0.15) is 152 Å². The highest BCUT2D eigenvalue weighted by atomic mass is 16.7. The van der Waals surface area contributed by atoms with Crippen LogP contribution in [0.25, 0.3) is 0 Å². The van der Waals surface area contributed by atoms with Crippen molar-refractivity contribution in [2.24, 2.45) is 0 Å². The van der Waals surface area contributed by atoms with Gasteiger partial charge in [-0.05, 0) is 38.5 Å². The molecule has 36 heavy (non-hydrogen) atoms. The first-order valence-corrected chi connectivity index (χ1v) is 14.6. The molecule has 0 saturated heterocycles. The van der Waals surface area contributed by atoms with Gasteiger partial charge in [-0.15, -0.1) is 0 Å². The van der Waals surface area contributed by atoms with Crippen LogP contribution in [0.5, 0.6) is 23.0 Å². The molecule has 6 heteroatoms. The molecule has 5 rings (SSSR count). The average molecular weight is 502 g/mol. The smallest absolute Gasteiger partial charge is 0.251 e. The Morgan fingerprint density at radius 2 is 0.917 bits per heavy atom. The molecule has 2 heterocycles. The van der Waals surface area contributed by atoms with Crippen molar-refractivity contribution in [1.82, 2.24) is 0 Å². The van der Waals surface area contributed by atoms with Gasteiger partial charge < -0.3 is 18.9 Å². The molecule has 0 radical (unpaired) electrons. The summed E-state index contributed by atoms with van der Waals surface area (Å²) in [5.41, 5.74) is 0.872. The number of fused-ring (bicyclic) bond motifs is 2. The second-order valence-electron chi connectivity index (χ2n) is 11.2. The summed E-state index contributed by atoms with van der Waals surface area (Å²) in [5, 5.41) is 0. The van der Waals surface area contributed by atoms with E-state index in [2.05, 4.69) is 13.8 Å². The van der Waals surface area contributed by atoms with Gasteiger partial charge in [-0.25, -0.2) is 0 Å². The molecule has 2 saturated carbocycles. The molecule has 4 aliphatic rings. The standard InChI is InChI=1S/C30H42O6.H2/c1-3-5-9-15-21(31)23-25-27(35-29(33-25)17-11-7-12-18-29)24(22(32)16-10-6-4-2)28-26(23)34-30(36-28)19-13-8-14-20-30;/h3-20H2,1-2H3;1H/i;1+1. The maximum absolute atomic E-state index is 13.7. The zero-order chi connectivity index (χ0) is 25.2. The summed E-state index contributed by atoms with van der Waals surface area (Å²) < 4.78 is 26.3. The molecule has 2 aliphatic heterocycles. The quantitative estimate of drug-likeness (QED) is 0.237. The van der Waals surface area contributed by atoms with Crippen molar-refractivity contribution in [3.63, 3.8) is 0 Å². The minimum atomic E-state index is -0.797. The Labute approximate surface area is 216 Å². The van der Waals surface area contributed by atoms with E-state index in [0.717, 1.165) is 103 Å².